The van der Waals surface area contributed by atoms with Crippen LogP contribution in [0.5, 0.6) is 0 Å². The van der Waals surface area contributed by atoms with Crippen LogP contribution in [-0.2, 0) is 6.42 Å². The molecule has 0 spiro atoms. The summed E-state index contributed by atoms with van der Waals surface area (Å²) in [5, 5.41) is 0. The Hall–Kier alpha value is -1.46. The largest absolute Gasteiger partial charge is 0.306 e. The first kappa shape index (κ1) is 16.4. The highest BCUT2D eigenvalue weighted by atomic mass is 16.3. The molecular weight excluding hydrogens is 288 g/mol. The molecule has 1 aromatic rings. The highest BCUT2D eigenvalue weighted by Crippen LogP contribution is 2.26. The van der Waals surface area contributed by atoms with Gasteiger partial charge in [-0.05, 0) is 38.3 Å². The number of piperidine rings is 1. The number of rotatable bonds is 6. The zero-order chi connectivity index (χ0) is 16.1. The summed E-state index contributed by atoms with van der Waals surface area (Å²) >= 11 is 0. The molecule has 0 aliphatic carbocycles. The van der Waals surface area contributed by atoms with E-state index in [0.29, 0.717) is 6.67 Å². The SMILES string of the molecule is CN1CCC(Cc2ccccc2)(N[N+](=O)CN2CCCC2)CC1. The summed E-state index contributed by atoms with van der Waals surface area (Å²) in [4.78, 5) is 18.2. The molecule has 2 aliphatic heterocycles. The van der Waals surface area contributed by atoms with Gasteiger partial charge in [-0.15, -0.1) is 5.43 Å². The second kappa shape index (κ2) is 7.41. The Morgan fingerprint density at radius 1 is 1.09 bits per heavy atom. The first-order valence-corrected chi connectivity index (χ1v) is 8.83. The number of nitroso groups, excluding NO2 is 1. The van der Waals surface area contributed by atoms with Gasteiger partial charge in [0.25, 0.3) is 6.67 Å². The number of nitrogens with one attached hydrogen (secondary N) is 1. The smallest absolute Gasteiger partial charge is 0.280 e. The summed E-state index contributed by atoms with van der Waals surface area (Å²) < 4.78 is 0. The zero-order valence-electron chi connectivity index (χ0n) is 14.2. The Kier molecular flexibility index (Phi) is 5.28. The Bertz CT molecular complexity index is 505. The van der Waals surface area contributed by atoms with Crippen LogP contribution in [-0.4, -0.2) is 60.1 Å². The number of nitrogens with zero attached hydrogens (tertiary/aromatic N) is 3. The minimum atomic E-state index is -0.116. The molecule has 2 fully saturated rings. The highest BCUT2D eigenvalue weighted by Gasteiger charge is 2.39. The number of likely N-dealkylation sites (tertiary alicyclic amines) is 2. The summed E-state index contributed by atoms with van der Waals surface area (Å²) in [5.74, 6) is 0. The topological polar surface area (TPSA) is 38.6 Å². The van der Waals surface area contributed by atoms with Crippen molar-refractivity contribution in [3.63, 3.8) is 0 Å². The van der Waals surface area contributed by atoms with Gasteiger partial charge in [-0.25, -0.2) is 4.90 Å². The number of hydrazine groups is 1. The van der Waals surface area contributed by atoms with Gasteiger partial charge < -0.3 is 4.90 Å². The van der Waals surface area contributed by atoms with Crippen molar-refractivity contribution in [1.82, 2.24) is 15.2 Å². The van der Waals surface area contributed by atoms with Gasteiger partial charge in [0.2, 0.25) is 0 Å². The lowest BCUT2D eigenvalue weighted by molar-refractivity contribution is -0.636. The first-order valence-electron chi connectivity index (χ1n) is 8.83. The lowest BCUT2D eigenvalue weighted by Gasteiger charge is -2.38. The molecule has 2 saturated heterocycles. The lowest BCUT2D eigenvalue weighted by Crippen LogP contribution is -2.58. The van der Waals surface area contributed by atoms with Crippen LogP contribution in [0.4, 0.5) is 0 Å². The second-order valence-corrected chi connectivity index (χ2v) is 7.20. The van der Waals surface area contributed by atoms with Crippen molar-refractivity contribution in [3.8, 4) is 0 Å². The van der Waals surface area contributed by atoms with Gasteiger partial charge in [0.1, 0.15) is 10.4 Å². The van der Waals surface area contributed by atoms with Crippen LogP contribution < -0.4 is 5.43 Å². The van der Waals surface area contributed by atoms with E-state index in [-0.39, 0.29) is 5.54 Å². The van der Waals surface area contributed by atoms with Crippen LogP contribution in [0.2, 0.25) is 0 Å². The maximum absolute atomic E-state index is 12.5. The van der Waals surface area contributed by atoms with Gasteiger partial charge in [-0.2, -0.15) is 0 Å². The van der Waals surface area contributed by atoms with Gasteiger partial charge in [-0.1, -0.05) is 30.3 Å². The quantitative estimate of drug-likeness (QED) is 0.644. The molecule has 2 aliphatic rings. The Balaban J connectivity index is 1.66. The molecule has 0 atom stereocenters. The molecule has 0 unspecified atom stereocenters. The van der Waals surface area contributed by atoms with Crippen molar-refractivity contribution in [3.05, 3.63) is 40.8 Å². The molecule has 1 N–H and O–H groups in total. The van der Waals surface area contributed by atoms with E-state index in [4.69, 9.17) is 0 Å². The summed E-state index contributed by atoms with van der Waals surface area (Å²) in [6.07, 6.45) is 5.37. The number of hydrogen-bond acceptors (Lipinski definition) is 3. The number of benzene rings is 1. The molecule has 2 heterocycles. The minimum Gasteiger partial charge on any atom is -0.306 e. The van der Waals surface area contributed by atoms with Gasteiger partial charge in [-0.3, -0.25) is 0 Å². The van der Waals surface area contributed by atoms with Gasteiger partial charge in [0, 0.05) is 32.6 Å². The summed E-state index contributed by atoms with van der Waals surface area (Å²) in [6.45, 7) is 4.66. The molecule has 0 amide bonds. The zero-order valence-corrected chi connectivity index (χ0v) is 14.2. The standard InChI is InChI=1S/C18H29N4O/c1-20-13-9-18(10-14-20,15-17-7-3-2-4-8-17)19-22(23)16-21-11-5-6-12-21/h2-4,7-8H,5-6,9-16H2,1H3,(H,19,23)/q+1. The van der Waals surface area contributed by atoms with Crippen molar-refractivity contribution >= 4 is 0 Å². The van der Waals surface area contributed by atoms with Crippen molar-refractivity contribution in [2.75, 3.05) is 39.9 Å². The van der Waals surface area contributed by atoms with Crippen LogP contribution in [0.1, 0.15) is 31.2 Å². The molecular formula is C18H29N4O+. The molecule has 0 bridgehead atoms. The third-order valence-corrected chi connectivity index (χ3v) is 5.22. The molecule has 5 heteroatoms. The van der Waals surface area contributed by atoms with Gasteiger partial charge in [0.15, 0.2) is 0 Å². The minimum absolute atomic E-state index is 0.116. The fourth-order valence-corrected chi connectivity index (χ4v) is 3.77. The van der Waals surface area contributed by atoms with Crippen LogP contribution >= 0.6 is 0 Å². The summed E-state index contributed by atoms with van der Waals surface area (Å²) in [5.41, 5.74) is 4.53. The molecule has 126 valence electrons. The molecule has 1 aromatic carbocycles. The van der Waals surface area contributed by atoms with Crippen LogP contribution in [0, 0.1) is 4.91 Å². The average Bonchev–Trinajstić information content (AvgIpc) is 3.04. The Morgan fingerprint density at radius 2 is 1.74 bits per heavy atom. The fourth-order valence-electron chi connectivity index (χ4n) is 3.77. The molecule has 3 rings (SSSR count). The maximum Gasteiger partial charge on any atom is 0.280 e. The van der Waals surface area contributed by atoms with E-state index < -0.39 is 0 Å². The van der Waals surface area contributed by atoms with E-state index in [1.807, 2.05) is 6.07 Å². The summed E-state index contributed by atoms with van der Waals surface area (Å²) in [7, 11) is 2.16. The van der Waals surface area contributed by atoms with E-state index in [0.717, 1.165) is 50.3 Å². The van der Waals surface area contributed by atoms with Crippen LogP contribution in [0.3, 0.4) is 0 Å². The normalized spacial score (nSPS) is 22.1. The average molecular weight is 317 g/mol. The second-order valence-electron chi connectivity index (χ2n) is 7.20. The third kappa shape index (κ3) is 4.52. The van der Waals surface area contributed by atoms with E-state index >= 15 is 0 Å². The van der Waals surface area contributed by atoms with Crippen molar-refractivity contribution in [1.29, 1.82) is 0 Å². The van der Waals surface area contributed by atoms with E-state index in [1.54, 1.807) is 0 Å². The monoisotopic (exact) mass is 317 g/mol. The number of hydrogen-bond donors (Lipinski definition) is 1. The molecule has 0 saturated carbocycles. The van der Waals surface area contributed by atoms with Crippen LogP contribution in [0.15, 0.2) is 30.3 Å². The summed E-state index contributed by atoms with van der Waals surface area (Å²) in [6, 6.07) is 10.5. The fraction of sp³-hybridized carbons (Fsp3) is 0.667. The highest BCUT2D eigenvalue weighted by molar-refractivity contribution is 5.18. The van der Waals surface area contributed by atoms with Crippen molar-refractivity contribution < 1.29 is 4.87 Å². The Morgan fingerprint density at radius 3 is 2.39 bits per heavy atom. The maximum atomic E-state index is 12.5. The first-order chi connectivity index (χ1) is 11.2. The molecule has 23 heavy (non-hydrogen) atoms. The lowest BCUT2D eigenvalue weighted by atomic mass is 9.82. The molecule has 0 aromatic heterocycles. The van der Waals surface area contributed by atoms with E-state index in [9.17, 15) is 4.91 Å². The van der Waals surface area contributed by atoms with Gasteiger partial charge in [0.05, 0.1) is 4.91 Å². The third-order valence-electron chi connectivity index (χ3n) is 5.22. The predicted octanol–water partition coefficient (Wildman–Crippen LogP) is 2.03. The molecule has 5 nitrogen and oxygen atoms in total. The van der Waals surface area contributed by atoms with Crippen molar-refractivity contribution in [2.24, 2.45) is 0 Å². The predicted molar refractivity (Wildman–Crippen MR) is 92.0 cm³/mol. The van der Waals surface area contributed by atoms with E-state index in [1.165, 1.54) is 18.4 Å². The van der Waals surface area contributed by atoms with E-state index in [2.05, 4.69) is 46.5 Å². The van der Waals surface area contributed by atoms with Gasteiger partial charge >= 0.3 is 0 Å². The van der Waals surface area contributed by atoms with Crippen molar-refractivity contribution in [2.45, 2.75) is 37.6 Å². The van der Waals surface area contributed by atoms with Crippen LogP contribution in [0.25, 0.3) is 0 Å². The Labute approximate surface area is 139 Å². The molecule has 0 radical (unpaired) electrons.